The molecule has 110 valence electrons. The first-order valence-corrected chi connectivity index (χ1v) is 6.39. The lowest BCUT2D eigenvalue weighted by Gasteiger charge is -2.24. The summed E-state index contributed by atoms with van der Waals surface area (Å²) in [4.78, 5) is 24.3. The van der Waals surface area contributed by atoms with E-state index in [9.17, 15) is 9.59 Å². The second kappa shape index (κ2) is 5.10. The first kappa shape index (κ1) is 14.3. The Hall–Kier alpha value is -2.12. The normalized spacial score (nSPS) is 19.1. The maximum absolute atomic E-state index is 11.9. The van der Waals surface area contributed by atoms with Crippen LogP contribution in [0.2, 0.25) is 0 Å². The molecule has 1 aliphatic heterocycles. The molecule has 1 fully saturated rings. The van der Waals surface area contributed by atoms with Gasteiger partial charge in [-0.1, -0.05) is 5.21 Å². The van der Waals surface area contributed by atoms with Gasteiger partial charge in [-0.15, -0.1) is 5.10 Å². The number of carbonyl (C=O) groups is 2. The van der Waals surface area contributed by atoms with Gasteiger partial charge in [0.05, 0.1) is 12.2 Å². The summed E-state index contributed by atoms with van der Waals surface area (Å²) in [5.41, 5.74) is -0.625. The maximum Gasteiger partial charge on any atom is 0.410 e. The second-order valence-electron chi connectivity index (χ2n) is 5.76. The summed E-state index contributed by atoms with van der Waals surface area (Å²) in [6, 6.07) is -0.0666. The van der Waals surface area contributed by atoms with E-state index in [2.05, 4.69) is 10.3 Å². The third-order valence-electron chi connectivity index (χ3n) is 2.92. The molecule has 8 nitrogen and oxygen atoms in total. The zero-order valence-electron chi connectivity index (χ0n) is 11.7. The Morgan fingerprint density at radius 3 is 2.70 bits per heavy atom. The molecule has 1 N–H and O–H groups in total. The molecule has 1 saturated heterocycles. The Labute approximate surface area is 116 Å². The molecule has 1 amide bonds. The van der Waals surface area contributed by atoms with Crippen LogP contribution in [0.3, 0.4) is 0 Å². The molecular formula is C12H18N4O4. The Kier molecular flexibility index (Phi) is 3.65. The third-order valence-corrected chi connectivity index (χ3v) is 2.92. The summed E-state index contributed by atoms with van der Waals surface area (Å²) in [6.45, 7) is 6.44. The molecule has 0 radical (unpaired) electrons. The number of rotatable bonds is 2. The number of likely N-dealkylation sites (tertiary alicyclic amines) is 1. The number of hydrogen-bond acceptors (Lipinski definition) is 5. The van der Waals surface area contributed by atoms with Crippen molar-refractivity contribution in [3.8, 4) is 0 Å². The largest absolute Gasteiger partial charge is 0.476 e. The highest BCUT2D eigenvalue weighted by Gasteiger charge is 2.31. The summed E-state index contributed by atoms with van der Waals surface area (Å²) in [6.07, 6.45) is 1.71. The van der Waals surface area contributed by atoms with Crippen molar-refractivity contribution in [2.24, 2.45) is 0 Å². The molecule has 1 aromatic heterocycles. The molecule has 0 saturated carbocycles. The summed E-state index contributed by atoms with van der Waals surface area (Å²) in [5, 5.41) is 16.2. The number of hydrogen-bond donors (Lipinski definition) is 1. The average molecular weight is 282 g/mol. The first-order valence-electron chi connectivity index (χ1n) is 6.39. The minimum Gasteiger partial charge on any atom is -0.476 e. The smallest absolute Gasteiger partial charge is 0.410 e. The molecular weight excluding hydrogens is 264 g/mol. The number of ether oxygens (including phenoxy) is 1. The van der Waals surface area contributed by atoms with E-state index >= 15 is 0 Å². The van der Waals surface area contributed by atoms with Crippen LogP contribution < -0.4 is 0 Å². The van der Waals surface area contributed by atoms with Gasteiger partial charge in [0.1, 0.15) is 5.60 Å². The lowest BCUT2D eigenvalue weighted by atomic mass is 10.2. The van der Waals surface area contributed by atoms with Gasteiger partial charge in [0.25, 0.3) is 0 Å². The van der Waals surface area contributed by atoms with Crippen molar-refractivity contribution in [2.45, 2.75) is 38.8 Å². The van der Waals surface area contributed by atoms with Crippen LogP contribution in [0.4, 0.5) is 4.79 Å². The number of nitrogens with zero attached hydrogens (tertiary/aromatic N) is 4. The van der Waals surface area contributed by atoms with Crippen LogP contribution >= 0.6 is 0 Å². The monoisotopic (exact) mass is 282 g/mol. The fourth-order valence-corrected chi connectivity index (χ4v) is 2.00. The Morgan fingerprint density at radius 2 is 2.15 bits per heavy atom. The predicted molar refractivity (Wildman–Crippen MR) is 68.4 cm³/mol. The van der Waals surface area contributed by atoms with E-state index in [1.807, 2.05) is 20.8 Å². The molecule has 2 heterocycles. The van der Waals surface area contributed by atoms with Crippen molar-refractivity contribution in [1.29, 1.82) is 0 Å². The molecule has 2 rings (SSSR count). The summed E-state index contributed by atoms with van der Waals surface area (Å²) >= 11 is 0. The van der Waals surface area contributed by atoms with Gasteiger partial charge in [-0.05, 0) is 27.2 Å². The third kappa shape index (κ3) is 3.25. The highest BCUT2D eigenvalue weighted by molar-refractivity contribution is 5.84. The van der Waals surface area contributed by atoms with Gasteiger partial charge < -0.3 is 14.7 Å². The van der Waals surface area contributed by atoms with E-state index in [1.165, 1.54) is 10.9 Å². The molecule has 1 atom stereocenters. The van der Waals surface area contributed by atoms with Gasteiger partial charge in [0, 0.05) is 13.1 Å². The molecule has 20 heavy (non-hydrogen) atoms. The minimum atomic E-state index is -1.11. The van der Waals surface area contributed by atoms with Gasteiger partial charge in [-0.25, -0.2) is 14.3 Å². The van der Waals surface area contributed by atoms with Gasteiger partial charge in [0.2, 0.25) is 0 Å². The average Bonchev–Trinajstić information content (AvgIpc) is 2.95. The van der Waals surface area contributed by atoms with E-state index in [0.29, 0.717) is 19.5 Å². The molecule has 1 aromatic rings. The van der Waals surface area contributed by atoms with Crippen molar-refractivity contribution < 1.29 is 19.4 Å². The molecule has 0 aliphatic carbocycles. The van der Waals surface area contributed by atoms with Gasteiger partial charge in [-0.3, -0.25) is 0 Å². The van der Waals surface area contributed by atoms with Gasteiger partial charge in [0.15, 0.2) is 5.69 Å². The van der Waals surface area contributed by atoms with Crippen LogP contribution in [-0.2, 0) is 4.74 Å². The van der Waals surface area contributed by atoms with Crippen molar-refractivity contribution in [2.75, 3.05) is 13.1 Å². The van der Waals surface area contributed by atoms with Crippen molar-refractivity contribution in [3.63, 3.8) is 0 Å². The molecule has 0 spiro atoms. The van der Waals surface area contributed by atoms with Gasteiger partial charge >= 0.3 is 12.1 Å². The molecule has 8 heteroatoms. The molecule has 1 aliphatic rings. The maximum atomic E-state index is 11.9. The lowest BCUT2D eigenvalue weighted by Crippen LogP contribution is -2.35. The molecule has 0 aromatic carbocycles. The van der Waals surface area contributed by atoms with E-state index < -0.39 is 11.6 Å². The fraction of sp³-hybridized carbons (Fsp3) is 0.667. The zero-order chi connectivity index (χ0) is 14.9. The number of carboxylic acids is 1. The number of carbonyl (C=O) groups excluding carboxylic acids is 1. The van der Waals surface area contributed by atoms with E-state index in [-0.39, 0.29) is 17.8 Å². The number of aromatic nitrogens is 3. The predicted octanol–water partition coefficient (Wildman–Crippen LogP) is 1.16. The Bertz CT molecular complexity index is 520. The van der Waals surface area contributed by atoms with Crippen LogP contribution in [0.1, 0.15) is 43.7 Å². The van der Waals surface area contributed by atoms with Gasteiger partial charge in [-0.2, -0.15) is 0 Å². The highest BCUT2D eigenvalue weighted by Crippen LogP contribution is 2.22. The zero-order valence-corrected chi connectivity index (χ0v) is 11.7. The lowest BCUT2D eigenvalue weighted by molar-refractivity contribution is 0.0288. The summed E-state index contributed by atoms with van der Waals surface area (Å²) in [7, 11) is 0. The Morgan fingerprint density at radius 1 is 1.45 bits per heavy atom. The number of aromatic carboxylic acids is 1. The summed E-state index contributed by atoms with van der Waals surface area (Å²) in [5.74, 6) is -1.11. The van der Waals surface area contributed by atoms with E-state index in [4.69, 9.17) is 9.84 Å². The number of amides is 1. The quantitative estimate of drug-likeness (QED) is 0.874. The van der Waals surface area contributed by atoms with Crippen molar-refractivity contribution in [3.05, 3.63) is 11.9 Å². The topological polar surface area (TPSA) is 97.5 Å². The van der Waals surface area contributed by atoms with Crippen LogP contribution in [0.5, 0.6) is 0 Å². The van der Waals surface area contributed by atoms with Crippen LogP contribution in [0, 0.1) is 0 Å². The van der Waals surface area contributed by atoms with E-state index in [1.54, 1.807) is 4.90 Å². The standard InChI is InChI=1S/C12H18N4O4/c1-12(2,3)20-11(19)15-5-4-8(6-15)16-7-9(10(17)18)13-14-16/h7-8H,4-6H2,1-3H3,(H,17,18)/t8-/m1/s1. The number of carboxylic acid groups (broad SMARTS) is 1. The molecule has 0 unspecified atom stereocenters. The van der Waals surface area contributed by atoms with Crippen molar-refractivity contribution in [1.82, 2.24) is 19.9 Å². The second-order valence-corrected chi connectivity index (χ2v) is 5.76. The Balaban J connectivity index is 1.98. The van der Waals surface area contributed by atoms with Crippen LogP contribution in [-0.4, -0.2) is 55.8 Å². The first-order chi connectivity index (χ1) is 9.26. The minimum absolute atomic E-state index is 0.0666. The highest BCUT2D eigenvalue weighted by atomic mass is 16.6. The van der Waals surface area contributed by atoms with Crippen molar-refractivity contribution >= 4 is 12.1 Å². The van der Waals surface area contributed by atoms with Crippen LogP contribution in [0.25, 0.3) is 0 Å². The SMILES string of the molecule is CC(C)(C)OC(=O)N1CC[C@@H](n2cc(C(=O)O)nn2)C1. The molecule has 0 bridgehead atoms. The fourth-order valence-electron chi connectivity index (χ4n) is 2.00. The van der Waals surface area contributed by atoms with E-state index in [0.717, 1.165) is 0 Å². The summed E-state index contributed by atoms with van der Waals surface area (Å²) < 4.78 is 6.79. The van der Waals surface area contributed by atoms with Crippen LogP contribution in [0.15, 0.2) is 6.20 Å².